The van der Waals surface area contributed by atoms with E-state index >= 15 is 0 Å². The highest BCUT2D eigenvalue weighted by atomic mass is 32.1. The zero-order chi connectivity index (χ0) is 10.4. The Morgan fingerprint density at radius 1 is 1.54 bits per heavy atom. The van der Waals surface area contributed by atoms with E-state index in [4.69, 9.17) is 5.73 Å². The van der Waals surface area contributed by atoms with Crippen LogP contribution in [-0.4, -0.2) is 35.1 Å². The molecule has 5 heteroatoms. The Balaban J connectivity index is 4.14. The van der Waals surface area contributed by atoms with Gasteiger partial charge in [0.25, 0.3) is 0 Å². The van der Waals surface area contributed by atoms with Gasteiger partial charge in [-0.15, -0.1) is 0 Å². The third kappa shape index (κ3) is 4.07. The van der Waals surface area contributed by atoms with Crippen molar-refractivity contribution in [3.63, 3.8) is 0 Å². The molecule has 0 aromatic heterocycles. The maximum absolute atomic E-state index is 11.6. The fourth-order valence-corrected chi connectivity index (χ4v) is 1.26. The largest absolute Gasteiger partial charge is 0.376 e. The van der Waals surface area contributed by atoms with Crippen molar-refractivity contribution < 1.29 is 4.79 Å². The van der Waals surface area contributed by atoms with Gasteiger partial charge in [-0.1, -0.05) is 0 Å². The number of nitrogens with two attached hydrogens (primary N) is 1. The first-order valence-corrected chi connectivity index (χ1v) is 4.78. The van der Waals surface area contributed by atoms with Crippen LogP contribution in [0, 0.1) is 0 Å². The molecule has 0 spiro atoms. The number of nitrogens with one attached hydrogen (secondary N) is 1. The highest BCUT2D eigenvalue weighted by Gasteiger charge is 2.17. The Morgan fingerprint density at radius 3 is 2.31 bits per heavy atom. The molecule has 0 heterocycles. The van der Waals surface area contributed by atoms with Gasteiger partial charge in [0, 0.05) is 13.1 Å². The van der Waals surface area contributed by atoms with Crippen molar-refractivity contribution in [2.24, 2.45) is 5.73 Å². The highest BCUT2D eigenvalue weighted by molar-refractivity contribution is 7.80. The second-order valence-corrected chi connectivity index (χ2v) is 3.18. The molecule has 0 aliphatic rings. The minimum Gasteiger partial charge on any atom is -0.376 e. The number of thiocarbonyl (C=S) groups is 1. The van der Waals surface area contributed by atoms with Crippen LogP contribution >= 0.6 is 12.2 Å². The molecular formula is C8H17N3OS. The summed E-state index contributed by atoms with van der Waals surface area (Å²) in [7, 11) is 0. The summed E-state index contributed by atoms with van der Waals surface area (Å²) >= 11 is 4.65. The number of nitrogens with zero attached hydrogens (tertiary/aromatic N) is 1. The zero-order valence-electron chi connectivity index (χ0n) is 8.33. The maximum atomic E-state index is 11.6. The summed E-state index contributed by atoms with van der Waals surface area (Å²) in [6, 6.07) is -0.336. The maximum Gasteiger partial charge on any atom is 0.244 e. The molecule has 0 aliphatic heterocycles. The fraction of sp³-hybridized carbons (Fsp3) is 0.750. The molecule has 4 nitrogen and oxygen atoms in total. The number of hydrogen-bond acceptors (Lipinski definition) is 2. The number of carbonyl (C=O) groups excluding carboxylic acids is 1. The third-order valence-electron chi connectivity index (χ3n) is 1.80. The van der Waals surface area contributed by atoms with Crippen molar-refractivity contribution in [2.75, 3.05) is 13.1 Å². The van der Waals surface area contributed by atoms with Crippen LogP contribution in [-0.2, 0) is 4.79 Å². The van der Waals surface area contributed by atoms with Gasteiger partial charge in [0.2, 0.25) is 5.91 Å². The minimum atomic E-state index is -0.336. The second kappa shape index (κ2) is 5.75. The van der Waals surface area contributed by atoms with Crippen molar-refractivity contribution in [1.82, 2.24) is 10.2 Å². The zero-order valence-corrected chi connectivity index (χ0v) is 9.15. The van der Waals surface area contributed by atoms with Crippen LogP contribution in [0.25, 0.3) is 0 Å². The summed E-state index contributed by atoms with van der Waals surface area (Å²) in [5.74, 6) is 0.0257. The van der Waals surface area contributed by atoms with E-state index in [1.54, 1.807) is 11.8 Å². The van der Waals surface area contributed by atoms with Crippen molar-refractivity contribution in [2.45, 2.75) is 26.8 Å². The van der Waals surface area contributed by atoms with Crippen LogP contribution in [0.15, 0.2) is 0 Å². The lowest BCUT2D eigenvalue weighted by molar-refractivity contribution is -0.132. The monoisotopic (exact) mass is 203 g/mol. The van der Waals surface area contributed by atoms with Gasteiger partial charge in [-0.05, 0) is 33.0 Å². The molecule has 1 unspecified atom stereocenters. The minimum absolute atomic E-state index is 0.0257. The van der Waals surface area contributed by atoms with E-state index in [2.05, 4.69) is 17.5 Å². The predicted molar refractivity (Wildman–Crippen MR) is 57.3 cm³/mol. The molecule has 3 N–H and O–H groups in total. The molecule has 0 aromatic rings. The first-order chi connectivity index (χ1) is 6.02. The van der Waals surface area contributed by atoms with E-state index in [1.807, 2.05) is 13.8 Å². The van der Waals surface area contributed by atoms with E-state index in [0.29, 0.717) is 13.1 Å². The van der Waals surface area contributed by atoms with Crippen LogP contribution < -0.4 is 11.1 Å². The van der Waals surface area contributed by atoms with Crippen LogP contribution in [0.2, 0.25) is 0 Å². The average molecular weight is 203 g/mol. The lowest BCUT2D eigenvalue weighted by Gasteiger charge is -2.23. The summed E-state index contributed by atoms with van der Waals surface area (Å²) in [5.41, 5.74) is 5.26. The Bertz CT molecular complexity index is 192. The van der Waals surface area contributed by atoms with Gasteiger partial charge in [-0.2, -0.15) is 0 Å². The Labute approximate surface area is 84.5 Å². The van der Waals surface area contributed by atoms with Crippen LogP contribution in [0.5, 0.6) is 0 Å². The second-order valence-electron chi connectivity index (χ2n) is 2.74. The van der Waals surface area contributed by atoms with E-state index < -0.39 is 0 Å². The normalized spacial score (nSPS) is 11.9. The van der Waals surface area contributed by atoms with Crippen molar-refractivity contribution in [3.05, 3.63) is 0 Å². The molecule has 76 valence electrons. The van der Waals surface area contributed by atoms with Gasteiger partial charge >= 0.3 is 0 Å². The summed E-state index contributed by atoms with van der Waals surface area (Å²) < 4.78 is 0. The third-order valence-corrected chi connectivity index (χ3v) is 1.92. The van der Waals surface area contributed by atoms with Gasteiger partial charge in [-0.25, -0.2) is 0 Å². The summed E-state index contributed by atoms with van der Waals surface area (Å²) in [4.78, 5) is 13.3. The standard InChI is InChI=1S/C8H17N3OS/c1-4-11(5-2)7(12)6(3)10-8(9)13/h6H,4-5H2,1-3H3,(H3,9,10,13). The van der Waals surface area contributed by atoms with E-state index in [-0.39, 0.29) is 17.1 Å². The molecule has 1 atom stereocenters. The lowest BCUT2D eigenvalue weighted by Crippen LogP contribution is -2.48. The molecule has 0 radical (unpaired) electrons. The van der Waals surface area contributed by atoms with E-state index in [9.17, 15) is 4.79 Å². The van der Waals surface area contributed by atoms with Gasteiger partial charge in [0.1, 0.15) is 6.04 Å². The molecule has 0 aliphatic carbocycles. The molecule has 0 rings (SSSR count). The molecule has 0 fully saturated rings. The molecule has 13 heavy (non-hydrogen) atoms. The number of hydrogen-bond donors (Lipinski definition) is 2. The molecule has 0 bridgehead atoms. The first-order valence-electron chi connectivity index (χ1n) is 4.37. The molecule has 0 saturated heterocycles. The van der Waals surface area contributed by atoms with E-state index in [1.165, 1.54) is 0 Å². The van der Waals surface area contributed by atoms with Crippen LogP contribution in [0.3, 0.4) is 0 Å². The summed E-state index contributed by atoms with van der Waals surface area (Å²) in [5, 5.41) is 2.87. The quantitative estimate of drug-likeness (QED) is 0.635. The Kier molecular flexibility index (Phi) is 5.37. The lowest BCUT2D eigenvalue weighted by atomic mass is 10.3. The number of carbonyl (C=O) groups is 1. The number of rotatable bonds is 4. The average Bonchev–Trinajstić information content (AvgIpc) is 2.05. The highest BCUT2D eigenvalue weighted by Crippen LogP contribution is 1.94. The van der Waals surface area contributed by atoms with Gasteiger partial charge in [0.15, 0.2) is 5.11 Å². The van der Waals surface area contributed by atoms with Gasteiger partial charge in [0.05, 0.1) is 0 Å². The van der Waals surface area contributed by atoms with Crippen molar-refractivity contribution in [3.8, 4) is 0 Å². The van der Waals surface area contributed by atoms with Gasteiger partial charge in [-0.3, -0.25) is 4.79 Å². The SMILES string of the molecule is CCN(CC)C(=O)C(C)NC(N)=S. The van der Waals surface area contributed by atoms with Gasteiger partial charge < -0.3 is 16.0 Å². The summed E-state index contributed by atoms with van der Waals surface area (Å²) in [6.07, 6.45) is 0. The predicted octanol–water partition coefficient (Wildman–Crippen LogP) is 0.0765. The fourth-order valence-electron chi connectivity index (χ4n) is 1.08. The molecule has 0 aromatic carbocycles. The first kappa shape index (κ1) is 12.2. The topological polar surface area (TPSA) is 58.4 Å². The molecular weight excluding hydrogens is 186 g/mol. The van der Waals surface area contributed by atoms with Crippen LogP contribution in [0.1, 0.15) is 20.8 Å². The Morgan fingerprint density at radius 2 is 2.00 bits per heavy atom. The summed E-state index contributed by atoms with van der Waals surface area (Å²) in [6.45, 7) is 7.04. The van der Waals surface area contributed by atoms with Crippen LogP contribution in [0.4, 0.5) is 0 Å². The molecule has 0 saturated carbocycles. The number of amides is 1. The Hall–Kier alpha value is -0.840. The number of likely N-dealkylation sites (N-methyl/N-ethyl adjacent to an activating group) is 1. The van der Waals surface area contributed by atoms with Crippen molar-refractivity contribution in [1.29, 1.82) is 0 Å². The van der Waals surface area contributed by atoms with Crippen molar-refractivity contribution >= 4 is 23.2 Å². The van der Waals surface area contributed by atoms with E-state index in [0.717, 1.165) is 0 Å². The smallest absolute Gasteiger partial charge is 0.244 e. The molecule has 1 amide bonds.